The van der Waals surface area contributed by atoms with E-state index in [1.165, 1.54) is 4.90 Å². The molecule has 2 bridgehead atoms. The normalized spacial score (nSPS) is 32.3. The van der Waals surface area contributed by atoms with Gasteiger partial charge in [0.05, 0.1) is 24.7 Å². The molecule has 38 heavy (non-hydrogen) atoms. The van der Waals surface area contributed by atoms with Gasteiger partial charge in [-0.1, -0.05) is 39.8 Å². The summed E-state index contributed by atoms with van der Waals surface area (Å²) in [5.74, 6) is -2.76. The monoisotopic (exact) mass is 532 g/mol. The van der Waals surface area contributed by atoms with Crippen molar-refractivity contribution in [1.82, 2.24) is 9.80 Å². The molecule has 0 aromatic rings. The fourth-order valence-electron chi connectivity index (χ4n) is 7.52. The molecule has 0 aromatic carbocycles. The van der Waals surface area contributed by atoms with Gasteiger partial charge in [0.25, 0.3) is 0 Å². The molecule has 6 atom stereocenters. The smallest absolute Gasteiger partial charge is 0.312 e. The third-order valence-electron chi connectivity index (χ3n) is 8.71. The number of esters is 1. The lowest BCUT2D eigenvalue weighted by atomic mass is 9.62. The SMILES string of the molecule is C=CCCCOC(=O)[C@H]1[C@H]2C(=O)N(CCO)C(C(=O)N(CC=C)C(C)(C)CC(C)(C)C)C23CC(C)[C@]1(C)O3. The van der Waals surface area contributed by atoms with E-state index < -0.39 is 40.6 Å². The number of aliphatic hydroxyl groups is 1. The Morgan fingerprint density at radius 1 is 1.24 bits per heavy atom. The molecule has 1 spiro atoms. The van der Waals surface area contributed by atoms with E-state index in [4.69, 9.17) is 9.47 Å². The molecular weight excluding hydrogens is 484 g/mol. The molecule has 0 saturated carbocycles. The Hall–Kier alpha value is -2.19. The zero-order chi connectivity index (χ0) is 28.7. The Morgan fingerprint density at radius 2 is 1.89 bits per heavy atom. The summed E-state index contributed by atoms with van der Waals surface area (Å²) in [5, 5.41) is 9.90. The molecule has 1 N–H and O–H groups in total. The van der Waals surface area contributed by atoms with Gasteiger partial charge in [-0.15, -0.1) is 13.2 Å². The van der Waals surface area contributed by atoms with E-state index in [1.54, 1.807) is 17.1 Å². The van der Waals surface area contributed by atoms with Crippen molar-refractivity contribution in [2.45, 2.75) is 96.9 Å². The number of allylic oxidation sites excluding steroid dienone is 1. The molecular formula is C30H48N2O6. The predicted octanol–water partition coefficient (Wildman–Crippen LogP) is 3.73. The van der Waals surface area contributed by atoms with Crippen LogP contribution >= 0.6 is 0 Å². The second-order valence-corrected chi connectivity index (χ2v) is 13.3. The van der Waals surface area contributed by atoms with E-state index in [2.05, 4.69) is 33.9 Å². The molecule has 0 radical (unpaired) electrons. The van der Waals surface area contributed by atoms with Crippen molar-refractivity contribution in [3.05, 3.63) is 25.3 Å². The number of amides is 2. The number of unbranched alkanes of at least 4 members (excludes halogenated alkanes) is 1. The molecule has 3 aliphatic rings. The summed E-state index contributed by atoms with van der Waals surface area (Å²) in [6.45, 7) is 22.2. The maximum Gasteiger partial charge on any atom is 0.312 e. The van der Waals surface area contributed by atoms with E-state index in [9.17, 15) is 19.5 Å². The number of fused-ring (bicyclic) bond motifs is 1. The largest absolute Gasteiger partial charge is 0.465 e. The average Bonchev–Trinajstić information content (AvgIpc) is 3.30. The Balaban J connectivity index is 2.06. The molecule has 3 unspecified atom stereocenters. The van der Waals surface area contributed by atoms with Gasteiger partial charge in [0.1, 0.15) is 17.6 Å². The first-order valence-electron chi connectivity index (χ1n) is 13.9. The third-order valence-corrected chi connectivity index (χ3v) is 8.71. The lowest BCUT2D eigenvalue weighted by molar-refractivity contribution is -0.163. The van der Waals surface area contributed by atoms with Crippen LogP contribution in [0.25, 0.3) is 0 Å². The molecule has 3 fully saturated rings. The van der Waals surface area contributed by atoms with E-state index in [0.29, 0.717) is 19.4 Å². The standard InChI is InChI=1S/C30H48N2O6/c1-10-12-13-17-37-26(36)22-21-24(34)31(15-16-33)23(30(21)18-20(3)29(22,9)38-30)25(35)32(14-11-2)28(7,8)19-27(4,5)6/h10-11,20-23,33H,1-2,12-19H2,3-9H3/t20?,21-,22+,23?,29-,30?/m0/s1. The Morgan fingerprint density at radius 3 is 2.45 bits per heavy atom. The van der Waals surface area contributed by atoms with Crippen LogP contribution < -0.4 is 0 Å². The fraction of sp³-hybridized carbons (Fsp3) is 0.767. The van der Waals surface area contributed by atoms with Gasteiger partial charge in [-0.05, 0) is 57.8 Å². The lowest BCUT2D eigenvalue weighted by Crippen LogP contribution is -2.61. The maximum atomic E-state index is 14.6. The summed E-state index contributed by atoms with van der Waals surface area (Å²) in [6.07, 6.45) is 6.04. The second kappa shape index (κ2) is 10.8. The Bertz CT molecular complexity index is 955. The van der Waals surface area contributed by atoms with Crippen molar-refractivity contribution in [3.63, 3.8) is 0 Å². The van der Waals surface area contributed by atoms with Crippen molar-refractivity contribution < 1.29 is 29.0 Å². The highest BCUT2D eigenvalue weighted by Crippen LogP contribution is 2.65. The van der Waals surface area contributed by atoms with Crippen molar-refractivity contribution in [2.24, 2.45) is 23.2 Å². The first-order chi connectivity index (χ1) is 17.6. The van der Waals surface area contributed by atoms with Crippen molar-refractivity contribution in [3.8, 4) is 0 Å². The van der Waals surface area contributed by atoms with Gasteiger partial charge >= 0.3 is 5.97 Å². The first kappa shape index (κ1) is 30.4. The molecule has 0 aliphatic carbocycles. The lowest BCUT2D eigenvalue weighted by Gasteiger charge is -2.45. The highest BCUT2D eigenvalue weighted by molar-refractivity contribution is 5.98. The van der Waals surface area contributed by atoms with Gasteiger partial charge in [0.15, 0.2) is 0 Å². The van der Waals surface area contributed by atoms with Crippen LogP contribution in [0.2, 0.25) is 0 Å². The predicted molar refractivity (Wildman–Crippen MR) is 146 cm³/mol. The summed E-state index contributed by atoms with van der Waals surface area (Å²) in [5.41, 5.74) is -2.68. The number of ether oxygens (including phenoxy) is 2. The fourth-order valence-corrected chi connectivity index (χ4v) is 7.52. The molecule has 3 saturated heterocycles. The third kappa shape index (κ3) is 5.06. The highest BCUT2D eigenvalue weighted by Gasteiger charge is 2.80. The number of aliphatic hydroxyl groups excluding tert-OH is 1. The number of rotatable bonds is 12. The van der Waals surface area contributed by atoms with E-state index in [1.807, 2.05) is 27.7 Å². The molecule has 214 valence electrons. The number of nitrogens with zero attached hydrogens (tertiary/aromatic N) is 2. The van der Waals surface area contributed by atoms with Crippen LogP contribution in [0.4, 0.5) is 0 Å². The average molecular weight is 533 g/mol. The maximum absolute atomic E-state index is 14.6. The van der Waals surface area contributed by atoms with E-state index in [0.717, 1.165) is 12.8 Å². The number of β-amino-alcohol motifs (C(OH)–C–C–N with tert-alkyl or cyclic N) is 1. The number of likely N-dealkylation sites (tertiary alicyclic amines) is 1. The number of hydrogen-bond donors (Lipinski definition) is 1. The number of hydrogen-bond acceptors (Lipinski definition) is 6. The molecule has 3 aliphatic heterocycles. The second-order valence-electron chi connectivity index (χ2n) is 13.3. The van der Waals surface area contributed by atoms with Crippen LogP contribution in [-0.4, -0.2) is 81.8 Å². The molecule has 2 amide bonds. The van der Waals surface area contributed by atoms with Gasteiger partial charge in [-0.25, -0.2) is 0 Å². The van der Waals surface area contributed by atoms with Crippen LogP contribution in [0.5, 0.6) is 0 Å². The number of carbonyl (C=O) groups excluding carboxylic acids is 3. The van der Waals surface area contributed by atoms with Crippen molar-refractivity contribution >= 4 is 17.8 Å². The minimum atomic E-state index is -1.17. The zero-order valence-electron chi connectivity index (χ0n) is 24.4. The first-order valence-corrected chi connectivity index (χ1v) is 13.9. The van der Waals surface area contributed by atoms with Gasteiger partial charge in [0, 0.05) is 18.6 Å². The quantitative estimate of drug-likeness (QED) is 0.234. The van der Waals surface area contributed by atoms with E-state index in [-0.39, 0.29) is 42.9 Å². The van der Waals surface area contributed by atoms with Gasteiger partial charge in [-0.2, -0.15) is 0 Å². The van der Waals surface area contributed by atoms with Gasteiger partial charge in [-0.3, -0.25) is 14.4 Å². The summed E-state index contributed by atoms with van der Waals surface area (Å²) in [7, 11) is 0. The number of carbonyl (C=O) groups is 3. The summed E-state index contributed by atoms with van der Waals surface area (Å²) in [4.78, 5) is 45.3. The Kier molecular flexibility index (Phi) is 8.60. The van der Waals surface area contributed by atoms with Crippen LogP contribution in [0.1, 0.15) is 74.1 Å². The molecule has 3 rings (SSSR count). The molecule has 3 heterocycles. The van der Waals surface area contributed by atoms with Crippen LogP contribution in [0, 0.1) is 23.2 Å². The van der Waals surface area contributed by atoms with Crippen molar-refractivity contribution in [1.29, 1.82) is 0 Å². The summed E-state index contributed by atoms with van der Waals surface area (Å²) in [6, 6.07) is -0.950. The summed E-state index contributed by atoms with van der Waals surface area (Å²) < 4.78 is 12.4. The molecule has 8 heteroatoms. The highest BCUT2D eigenvalue weighted by atomic mass is 16.6. The van der Waals surface area contributed by atoms with Crippen LogP contribution in [0.3, 0.4) is 0 Å². The summed E-state index contributed by atoms with van der Waals surface area (Å²) >= 11 is 0. The zero-order valence-corrected chi connectivity index (χ0v) is 24.4. The minimum absolute atomic E-state index is 0.00925. The topological polar surface area (TPSA) is 96.4 Å². The van der Waals surface area contributed by atoms with Crippen LogP contribution in [-0.2, 0) is 23.9 Å². The Labute approximate surface area is 228 Å². The van der Waals surface area contributed by atoms with Crippen molar-refractivity contribution in [2.75, 3.05) is 26.3 Å². The van der Waals surface area contributed by atoms with Gasteiger partial charge < -0.3 is 24.4 Å². The molecule has 0 aromatic heterocycles. The molecule has 8 nitrogen and oxygen atoms in total. The van der Waals surface area contributed by atoms with Crippen LogP contribution in [0.15, 0.2) is 25.3 Å². The minimum Gasteiger partial charge on any atom is -0.465 e. The van der Waals surface area contributed by atoms with E-state index >= 15 is 0 Å². The van der Waals surface area contributed by atoms with Gasteiger partial charge in [0.2, 0.25) is 11.8 Å².